The smallest absolute Gasteiger partial charge is 0.162 e. The number of hydrogen-bond acceptors (Lipinski definition) is 2. The second-order valence-corrected chi connectivity index (χ2v) is 3.00. The molecule has 0 aliphatic carbocycles. The lowest BCUT2D eigenvalue weighted by molar-refractivity contribution is 0.0988. The summed E-state index contributed by atoms with van der Waals surface area (Å²) in [4.78, 5) is 11.6. The van der Waals surface area contributed by atoms with Crippen LogP contribution in [-0.4, -0.2) is 5.78 Å². The van der Waals surface area contributed by atoms with E-state index >= 15 is 0 Å². The van der Waals surface area contributed by atoms with Gasteiger partial charge in [-0.15, -0.1) is 0 Å². The van der Waals surface area contributed by atoms with Crippen molar-refractivity contribution in [2.24, 2.45) is 0 Å². The zero-order chi connectivity index (χ0) is 11.0. The Bertz CT molecular complexity index is 269. The number of halogens is 1. The summed E-state index contributed by atoms with van der Waals surface area (Å²) in [5.74, 6) is 0.0883. The molecule has 1 aromatic carbocycles. The number of carbonyl (C=O) groups is 1. The van der Waals surface area contributed by atoms with Gasteiger partial charge in [0.15, 0.2) is 5.78 Å². The van der Waals surface area contributed by atoms with Gasteiger partial charge in [-0.3, -0.25) is 4.79 Å². The molecule has 0 spiro atoms. The molecule has 0 aromatic heterocycles. The van der Waals surface area contributed by atoms with Crippen molar-refractivity contribution in [2.45, 2.75) is 32.1 Å². The summed E-state index contributed by atoms with van der Waals surface area (Å²) in [7, 11) is 0. The largest absolute Gasteiger partial charge is 0.294 e. The highest BCUT2D eigenvalue weighted by Crippen LogP contribution is 2.19. The van der Waals surface area contributed by atoms with E-state index in [1.807, 2.05) is 13.8 Å². The quantitative estimate of drug-likeness (QED) is 0.698. The van der Waals surface area contributed by atoms with Gasteiger partial charge in [-0.1, -0.05) is 32.9 Å². The highest BCUT2D eigenvalue weighted by atomic mass is 32.2. The minimum absolute atomic E-state index is 0.0883. The molecule has 0 aliphatic heterocycles. The van der Waals surface area contributed by atoms with Crippen LogP contribution in [0.1, 0.15) is 37.6 Å². The van der Waals surface area contributed by atoms with Crippen molar-refractivity contribution < 1.29 is 8.68 Å². The van der Waals surface area contributed by atoms with Gasteiger partial charge in [-0.05, 0) is 12.1 Å². The lowest BCUT2D eigenvalue weighted by Gasteiger charge is -1.97. The molecule has 0 unspecified atom stereocenters. The summed E-state index contributed by atoms with van der Waals surface area (Å²) in [5.41, 5.74) is 0.648. The van der Waals surface area contributed by atoms with Gasteiger partial charge in [0.1, 0.15) is 0 Å². The van der Waals surface area contributed by atoms with E-state index in [9.17, 15) is 8.68 Å². The Kier molecular flexibility index (Phi) is 7.11. The van der Waals surface area contributed by atoms with E-state index in [2.05, 4.69) is 0 Å². The molecule has 0 saturated heterocycles. The fourth-order valence-corrected chi connectivity index (χ4v) is 1.14. The van der Waals surface area contributed by atoms with E-state index in [0.717, 1.165) is 0 Å². The van der Waals surface area contributed by atoms with Crippen LogP contribution in [0.15, 0.2) is 29.2 Å². The van der Waals surface area contributed by atoms with Gasteiger partial charge in [0.25, 0.3) is 0 Å². The van der Waals surface area contributed by atoms with E-state index in [0.29, 0.717) is 16.9 Å². The summed E-state index contributed by atoms with van der Waals surface area (Å²) in [5, 5.41) is 0. The summed E-state index contributed by atoms with van der Waals surface area (Å²) in [6.45, 7) is 5.81. The first-order valence-corrected chi connectivity index (χ1v) is 5.41. The maximum absolute atomic E-state index is 12.0. The molecule has 0 atom stereocenters. The summed E-state index contributed by atoms with van der Waals surface area (Å²) in [6.07, 6.45) is 0.488. The number of ketones is 1. The lowest BCUT2D eigenvalue weighted by atomic mass is 10.1. The number of rotatable bonds is 3. The normalized spacial score (nSPS) is 8.86. The second-order valence-electron chi connectivity index (χ2n) is 2.38. The standard InChI is InChI=1S/C9H9FOS.C2H6/c1-2-9(11)7-3-5-8(12-10)6-4-7;1-2/h3-6H,2H2,1H3;1-2H3. The maximum atomic E-state index is 12.0. The Morgan fingerprint density at radius 1 is 1.29 bits per heavy atom. The van der Waals surface area contributed by atoms with Crippen molar-refractivity contribution in [3.63, 3.8) is 0 Å². The zero-order valence-electron chi connectivity index (χ0n) is 8.71. The molecule has 78 valence electrons. The SMILES string of the molecule is CC.CCC(=O)c1ccc(SF)cc1. The Morgan fingerprint density at radius 2 is 1.79 bits per heavy atom. The molecule has 0 fully saturated rings. The van der Waals surface area contributed by atoms with E-state index < -0.39 is 0 Å². The molecule has 0 aliphatic rings. The van der Waals surface area contributed by atoms with Crippen molar-refractivity contribution in [2.75, 3.05) is 0 Å². The molecule has 1 aromatic rings. The molecule has 0 saturated carbocycles. The molecule has 0 heterocycles. The Balaban J connectivity index is 0.000000791. The molecule has 0 radical (unpaired) electrons. The van der Waals surface area contributed by atoms with Gasteiger partial charge in [0.05, 0.1) is 12.1 Å². The molecule has 0 amide bonds. The third-order valence-corrected chi connectivity index (χ3v) is 2.04. The predicted molar refractivity (Wildman–Crippen MR) is 59.4 cm³/mol. The number of benzene rings is 1. The van der Waals surface area contributed by atoms with Gasteiger partial charge >= 0.3 is 0 Å². The van der Waals surface area contributed by atoms with Gasteiger partial charge in [0.2, 0.25) is 0 Å². The van der Waals surface area contributed by atoms with E-state index in [4.69, 9.17) is 0 Å². The van der Waals surface area contributed by atoms with Crippen LogP contribution in [0, 0.1) is 0 Å². The lowest BCUT2D eigenvalue weighted by Crippen LogP contribution is -1.94. The third kappa shape index (κ3) is 3.92. The van der Waals surface area contributed by atoms with Crippen LogP contribution in [-0.2, 0) is 0 Å². The average molecular weight is 214 g/mol. The Morgan fingerprint density at radius 3 is 2.14 bits per heavy atom. The minimum Gasteiger partial charge on any atom is -0.294 e. The second kappa shape index (κ2) is 7.56. The summed E-state index contributed by atoms with van der Waals surface area (Å²) >= 11 is 0.186. The first kappa shape index (κ1) is 13.2. The molecular formula is C11H15FOS. The highest BCUT2D eigenvalue weighted by molar-refractivity contribution is 7.94. The van der Waals surface area contributed by atoms with Crippen molar-refractivity contribution >= 4 is 17.9 Å². The van der Waals surface area contributed by atoms with Crippen molar-refractivity contribution in [3.05, 3.63) is 29.8 Å². The van der Waals surface area contributed by atoms with Gasteiger partial charge in [-0.25, -0.2) is 0 Å². The van der Waals surface area contributed by atoms with Crippen LogP contribution >= 0.6 is 12.1 Å². The topological polar surface area (TPSA) is 17.1 Å². The van der Waals surface area contributed by atoms with E-state index in [1.165, 1.54) is 0 Å². The van der Waals surface area contributed by atoms with Crippen molar-refractivity contribution in [3.8, 4) is 0 Å². The molecule has 1 nitrogen and oxygen atoms in total. The Labute approximate surface area is 89.0 Å². The fourth-order valence-electron chi connectivity index (χ4n) is 0.896. The third-order valence-electron chi connectivity index (χ3n) is 1.59. The monoisotopic (exact) mass is 214 g/mol. The molecule has 3 heteroatoms. The van der Waals surface area contributed by atoms with Crippen LogP contribution in [0.4, 0.5) is 3.89 Å². The number of Topliss-reactive ketones (excluding diaryl/α,β-unsaturated/α-hetero) is 1. The number of carbonyl (C=O) groups excluding carboxylic acids is 1. The van der Waals surface area contributed by atoms with Crippen LogP contribution in [0.2, 0.25) is 0 Å². The highest BCUT2D eigenvalue weighted by Gasteiger charge is 2.01. The Hall–Kier alpha value is -0.830. The average Bonchev–Trinajstić information content (AvgIpc) is 2.31. The summed E-state index contributed by atoms with van der Waals surface area (Å²) in [6, 6.07) is 6.50. The molecule has 14 heavy (non-hydrogen) atoms. The number of hydrogen-bond donors (Lipinski definition) is 0. The van der Waals surface area contributed by atoms with Crippen LogP contribution in [0.25, 0.3) is 0 Å². The molecule has 0 N–H and O–H groups in total. The van der Waals surface area contributed by atoms with Gasteiger partial charge in [0, 0.05) is 16.9 Å². The first-order chi connectivity index (χ1) is 6.77. The zero-order valence-corrected chi connectivity index (χ0v) is 9.53. The van der Waals surface area contributed by atoms with E-state index in [-0.39, 0.29) is 17.9 Å². The maximum Gasteiger partial charge on any atom is 0.162 e. The van der Waals surface area contributed by atoms with E-state index in [1.54, 1.807) is 31.2 Å². The van der Waals surface area contributed by atoms with Crippen LogP contribution < -0.4 is 0 Å². The summed E-state index contributed by atoms with van der Waals surface area (Å²) < 4.78 is 12.0. The van der Waals surface area contributed by atoms with Crippen LogP contribution in [0.5, 0.6) is 0 Å². The van der Waals surface area contributed by atoms with Crippen LogP contribution in [0.3, 0.4) is 0 Å². The first-order valence-electron chi connectivity index (χ1n) is 4.69. The van der Waals surface area contributed by atoms with Gasteiger partial charge < -0.3 is 0 Å². The predicted octanol–water partition coefficient (Wildman–Crippen LogP) is 4.28. The molecule has 1 rings (SSSR count). The molecular weight excluding hydrogens is 199 g/mol. The van der Waals surface area contributed by atoms with Crippen molar-refractivity contribution in [1.29, 1.82) is 0 Å². The van der Waals surface area contributed by atoms with Gasteiger partial charge in [-0.2, -0.15) is 3.89 Å². The minimum atomic E-state index is 0.0883. The fraction of sp³-hybridized carbons (Fsp3) is 0.364. The van der Waals surface area contributed by atoms with Crippen molar-refractivity contribution in [1.82, 2.24) is 0 Å². The molecule has 0 bridgehead atoms.